The second kappa shape index (κ2) is 15.0. The fourth-order valence-corrected chi connectivity index (χ4v) is 15.7. The van der Waals surface area contributed by atoms with Crippen molar-refractivity contribution >= 4 is 41.9 Å². The van der Waals surface area contributed by atoms with Crippen LogP contribution in [0.5, 0.6) is 5.75 Å². The number of ether oxygens (including phenoxy) is 3. The third-order valence-corrected chi connectivity index (χ3v) is 19.3. The highest BCUT2D eigenvalue weighted by Crippen LogP contribution is 2.47. The van der Waals surface area contributed by atoms with Crippen LogP contribution in [0.4, 0.5) is 13.2 Å². The van der Waals surface area contributed by atoms with Crippen molar-refractivity contribution in [3.05, 3.63) is 58.3 Å². The number of hydrazone groups is 1. The van der Waals surface area contributed by atoms with Gasteiger partial charge >= 0.3 is 6.02 Å². The summed E-state index contributed by atoms with van der Waals surface area (Å²) in [6.07, 6.45) is 2.71. The topological polar surface area (TPSA) is 80.5 Å². The number of amidine groups is 1. The highest BCUT2D eigenvalue weighted by molar-refractivity contribution is 6.90. The fraction of sp³-hybridized carbons (Fsp3) is 0.558. The van der Waals surface area contributed by atoms with Crippen LogP contribution in [0.3, 0.4) is 0 Å². The van der Waals surface area contributed by atoms with Crippen LogP contribution in [-0.4, -0.2) is 93.9 Å². The SMILES string of the molecule is COCOc1cc(C2=C(F)C3=NC(OC[C@@]45CCCN4C[C@H](F)C5)=NN4CCCC(=C34)[C@@H]3CON=C23)c2c(C#C[Si](C(C)C)(C(C)C)C(C)C)c(F)ccc2c1. The molecule has 0 spiro atoms. The van der Waals surface area contributed by atoms with Crippen LogP contribution in [-0.2, 0) is 14.3 Å². The van der Waals surface area contributed by atoms with Crippen LogP contribution in [0, 0.1) is 23.2 Å². The zero-order valence-corrected chi connectivity index (χ0v) is 34.5. The molecule has 2 saturated heterocycles. The Labute approximate surface area is 328 Å². The van der Waals surface area contributed by atoms with Gasteiger partial charge in [0.1, 0.15) is 50.4 Å². The minimum absolute atomic E-state index is 0.0327. The van der Waals surface area contributed by atoms with Gasteiger partial charge in [-0.2, -0.15) is 4.99 Å². The van der Waals surface area contributed by atoms with E-state index in [1.165, 1.54) is 13.2 Å². The van der Waals surface area contributed by atoms with E-state index in [9.17, 15) is 4.39 Å². The van der Waals surface area contributed by atoms with Gasteiger partial charge in [0.25, 0.3) is 0 Å². The lowest BCUT2D eigenvalue weighted by molar-refractivity contribution is 0.0512. The van der Waals surface area contributed by atoms with Crippen LogP contribution >= 0.6 is 0 Å². The van der Waals surface area contributed by atoms with E-state index >= 15 is 8.78 Å². The Bertz CT molecular complexity index is 2130. The molecule has 0 N–H and O–H groups in total. The minimum Gasteiger partial charge on any atom is -0.468 e. The van der Waals surface area contributed by atoms with Gasteiger partial charge in [-0.1, -0.05) is 58.7 Å². The number of allylic oxidation sites excluding steroid dienone is 2. The molecular weight excluding hydrogens is 736 g/mol. The van der Waals surface area contributed by atoms with E-state index in [2.05, 4.69) is 63.1 Å². The standard InChI is InChI=1S/C43H52F3N5O4Si/c1-25(2)56(26(3)4,27(5)6)17-13-32-35(45)12-11-28-18-30(54-24-52-7)19-33(36(28)32)37-38(46)40-41-31(34-22-55-49-39(34)37)10-8-16-51(41)48-42(47-40)53-23-43-14-9-15-50(43)21-29(44)20-43/h11-12,18-19,25-27,29,34H,8-10,14-16,20-24H2,1-7H3/t29-,34+,43+/m1/s1. The van der Waals surface area contributed by atoms with E-state index in [1.807, 2.05) is 0 Å². The first-order valence-corrected chi connectivity index (χ1v) is 22.3. The van der Waals surface area contributed by atoms with E-state index < -0.39 is 37.3 Å². The van der Waals surface area contributed by atoms with Crippen LogP contribution < -0.4 is 4.74 Å². The number of fused-ring (bicyclic) bond motifs is 4. The van der Waals surface area contributed by atoms with E-state index in [1.54, 1.807) is 23.2 Å². The maximum Gasteiger partial charge on any atom is 0.334 e. The van der Waals surface area contributed by atoms with Gasteiger partial charge in [-0.25, -0.2) is 13.2 Å². The summed E-state index contributed by atoms with van der Waals surface area (Å²) in [6, 6.07) is 6.65. The molecule has 0 radical (unpaired) electrons. The molecule has 298 valence electrons. The lowest BCUT2D eigenvalue weighted by atomic mass is 9.84. The first-order chi connectivity index (χ1) is 26.9. The molecule has 0 saturated carbocycles. The normalized spacial score (nSPS) is 24.8. The number of aliphatic imine (C=N–C) groups is 1. The van der Waals surface area contributed by atoms with E-state index in [-0.39, 0.29) is 42.9 Å². The van der Waals surface area contributed by atoms with Gasteiger partial charge in [0.2, 0.25) is 0 Å². The number of alkyl halides is 1. The Morgan fingerprint density at radius 1 is 1.04 bits per heavy atom. The fourth-order valence-electron chi connectivity index (χ4n) is 10.5. The molecule has 0 aromatic heterocycles. The third kappa shape index (κ3) is 6.36. The minimum atomic E-state index is -2.31. The van der Waals surface area contributed by atoms with Gasteiger partial charge in [0, 0.05) is 37.6 Å². The van der Waals surface area contributed by atoms with Gasteiger partial charge in [-0.15, -0.1) is 10.6 Å². The number of rotatable bonds is 9. The second-order valence-corrected chi connectivity index (χ2v) is 22.6. The lowest BCUT2D eigenvalue weighted by Crippen LogP contribution is -2.43. The quantitative estimate of drug-likeness (QED) is 0.144. The highest BCUT2D eigenvalue weighted by atomic mass is 28.3. The first-order valence-electron chi connectivity index (χ1n) is 20.1. The average molecular weight is 788 g/mol. The van der Waals surface area contributed by atoms with E-state index in [4.69, 9.17) is 29.1 Å². The smallest absolute Gasteiger partial charge is 0.334 e. The van der Waals surface area contributed by atoms with Gasteiger partial charge in [-0.3, -0.25) is 9.91 Å². The molecule has 0 bridgehead atoms. The largest absolute Gasteiger partial charge is 0.468 e. The van der Waals surface area contributed by atoms with Gasteiger partial charge < -0.3 is 19.0 Å². The number of hydrogen-bond acceptors (Lipinski definition) is 9. The van der Waals surface area contributed by atoms with Crippen molar-refractivity contribution in [2.24, 2.45) is 21.2 Å². The van der Waals surface area contributed by atoms with Crippen molar-refractivity contribution < 1.29 is 32.2 Å². The average Bonchev–Trinajstić information content (AvgIpc) is 3.86. The van der Waals surface area contributed by atoms with Gasteiger partial charge in [-0.05, 0) is 83.6 Å². The number of halogens is 3. The maximum atomic E-state index is 18.1. The predicted molar refractivity (Wildman–Crippen MR) is 216 cm³/mol. The van der Waals surface area contributed by atoms with E-state index in [0.717, 1.165) is 31.4 Å². The molecule has 5 heterocycles. The molecule has 5 aliphatic heterocycles. The summed E-state index contributed by atoms with van der Waals surface area (Å²) in [7, 11) is -0.780. The number of methoxy groups -OCH3 is 1. The number of benzene rings is 2. The van der Waals surface area contributed by atoms with Gasteiger partial charge in [0.15, 0.2) is 12.6 Å². The van der Waals surface area contributed by atoms with Crippen molar-refractivity contribution in [3.8, 4) is 17.2 Å². The van der Waals surface area contributed by atoms with Crippen LogP contribution in [0.25, 0.3) is 16.3 Å². The Kier molecular flexibility index (Phi) is 10.4. The molecule has 0 amide bonds. The molecular formula is C43H52F3N5O4Si. The molecule has 13 heteroatoms. The number of hydrogen-bond donors (Lipinski definition) is 0. The molecule has 2 aromatic rings. The summed E-state index contributed by atoms with van der Waals surface area (Å²) in [5.74, 6) is 2.25. The van der Waals surface area contributed by atoms with Gasteiger partial charge in [0.05, 0.1) is 22.7 Å². The monoisotopic (exact) mass is 787 g/mol. The Balaban J connectivity index is 1.33. The molecule has 8 rings (SSSR count). The van der Waals surface area contributed by atoms with Crippen molar-refractivity contribution in [1.82, 2.24) is 9.91 Å². The molecule has 6 aliphatic rings. The molecule has 1 aliphatic carbocycles. The zero-order chi connectivity index (χ0) is 39.5. The summed E-state index contributed by atoms with van der Waals surface area (Å²) in [4.78, 5) is 12.7. The summed E-state index contributed by atoms with van der Waals surface area (Å²) in [6.45, 7) is 15.4. The zero-order valence-electron chi connectivity index (χ0n) is 33.5. The van der Waals surface area contributed by atoms with Crippen molar-refractivity contribution in [2.45, 2.75) is 102 Å². The van der Waals surface area contributed by atoms with Crippen LogP contribution in [0.2, 0.25) is 16.6 Å². The van der Waals surface area contributed by atoms with Crippen LogP contribution in [0.15, 0.2) is 56.6 Å². The molecule has 0 unspecified atom stereocenters. The lowest BCUT2D eigenvalue weighted by Gasteiger charge is -2.38. The summed E-state index contributed by atoms with van der Waals surface area (Å²) < 4.78 is 66.7. The molecule has 56 heavy (non-hydrogen) atoms. The first kappa shape index (κ1) is 38.7. The van der Waals surface area contributed by atoms with Crippen molar-refractivity contribution in [1.29, 1.82) is 0 Å². The molecule has 3 atom stereocenters. The van der Waals surface area contributed by atoms with Crippen molar-refractivity contribution in [2.75, 3.05) is 46.8 Å². The summed E-state index contributed by atoms with van der Waals surface area (Å²) >= 11 is 0. The molecule has 9 nitrogen and oxygen atoms in total. The predicted octanol–water partition coefficient (Wildman–Crippen LogP) is 8.90. The Morgan fingerprint density at radius 2 is 1.82 bits per heavy atom. The summed E-state index contributed by atoms with van der Waals surface area (Å²) in [5, 5.41) is 12.2. The third-order valence-electron chi connectivity index (χ3n) is 13.0. The van der Waals surface area contributed by atoms with Crippen LogP contribution in [0.1, 0.15) is 84.8 Å². The molecule has 2 aromatic carbocycles. The van der Waals surface area contributed by atoms with E-state index in [0.29, 0.717) is 76.0 Å². The number of nitrogens with zero attached hydrogens (tertiary/aromatic N) is 5. The van der Waals surface area contributed by atoms with Crippen molar-refractivity contribution in [3.63, 3.8) is 0 Å². The maximum absolute atomic E-state index is 18.1. The number of oxime groups is 1. The Morgan fingerprint density at radius 3 is 2.57 bits per heavy atom. The molecule has 2 fully saturated rings. The summed E-state index contributed by atoms with van der Waals surface area (Å²) in [5.41, 5.74) is 6.93. The second-order valence-electron chi connectivity index (χ2n) is 17.0. The highest BCUT2D eigenvalue weighted by Gasteiger charge is 2.50. The Hall–Kier alpha value is -4.12.